The van der Waals surface area contributed by atoms with Gasteiger partial charge in [0, 0.05) is 18.2 Å². The Bertz CT molecular complexity index is 566. The van der Waals surface area contributed by atoms with E-state index in [0.29, 0.717) is 12.1 Å². The molecule has 0 aliphatic rings. The summed E-state index contributed by atoms with van der Waals surface area (Å²) in [7, 11) is 0. The lowest BCUT2D eigenvalue weighted by Crippen LogP contribution is -2.22. The molecule has 3 nitrogen and oxygen atoms in total. The maximum absolute atomic E-state index is 11.4. The normalized spacial score (nSPS) is 12.1. The Kier molecular flexibility index (Phi) is 4.91. The lowest BCUT2D eigenvalue weighted by molar-refractivity contribution is 0.0999. The van der Waals surface area contributed by atoms with E-state index < -0.39 is 0 Å². The van der Waals surface area contributed by atoms with Gasteiger partial charge in [0.1, 0.15) is 0 Å². The number of amides is 1. The van der Waals surface area contributed by atoms with Crippen LogP contribution in [0.1, 0.15) is 40.9 Å². The molecule has 1 atom stereocenters. The summed E-state index contributed by atoms with van der Waals surface area (Å²) >= 11 is 0. The summed E-state index contributed by atoms with van der Waals surface area (Å²) in [6, 6.07) is 18.0. The first-order valence-electron chi connectivity index (χ1n) is 6.88. The molecule has 104 valence electrons. The summed E-state index contributed by atoms with van der Waals surface area (Å²) in [6.07, 6.45) is 0.989. The molecule has 0 bridgehead atoms. The van der Waals surface area contributed by atoms with Crippen molar-refractivity contribution in [3.05, 3.63) is 71.3 Å². The summed E-state index contributed by atoms with van der Waals surface area (Å²) in [5.41, 5.74) is 8.18. The highest BCUT2D eigenvalue weighted by Crippen LogP contribution is 2.17. The van der Waals surface area contributed by atoms with Crippen molar-refractivity contribution in [2.45, 2.75) is 25.9 Å². The van der Waals surface area contributed by atoms with Crippen LogP contribution in [0, 0.1) is 0 Å². The van der Waals surface area contributed by atoms with Crippen LogP contribution >= 0.6 is 0 Å². The molecule has 0 heterocycles. The number of carbonyl (C=O) groups excluding carboxylic acids is 1. The van der Waals surface area contributed by atoms with Gasteiger partial charge in [0.15, 0.2) is 0 Å². The Morgan fingerprint density at radius 3 is 2.40 bits per heavy atom. The van der Waals surface area contributed by atoms with Crippen molar-refractivity contribution in [3.63, 3.8) is 0 Å². The monoisotopic (exact) mass is 268 g/mol. The molecule has 0 spiro atoms. The molecule has 0 aliphatic heterocycles. The molecule has 0 aromatic heterocycles. The number of rotatable bonds is 6. The second-order valence-corrected chi connectivity index (χ2v) is 4.77. The number of nitrogens with two attached hydrogens (primary N) is 1. The molecule has 0 radical (unpaired) electrons. The lowest BCUT2D eigenvalue weighted by Gasteiger charge is -2.18. The molecule has 3 heteroatoms. The Morgan fingerprint density at radius 2 is 1.75 bits per heavy atom. The zero-order valence-electron chi connectivity index (χ0n) is 11.7. The highest BCUT2D eigenvalue weighted by Gasteiger charge is 2.11. The molecule has 2 rings (SSSR count). The van der Waals surface area contributed by atoms with E-state index in [4.69, 9.17) is 5.73 Å². The number of benzene rings is 2. The van der Waals surface area contributed by atoms with Crippen LogP contribution in [0.2, 0.25) is 0 Å². The molecular formula is C17H20N2O. The predicted octanol–water partition coefficient (Wildman–Crippen LogP) is 3.03. The van der Waals surface area contributed by atoms with Crippen LogP contribution in [0.5, 0.6) is 0 Å². The second-order valence-electron chi connectivity index (χ2n) is 4.77. The third kappa shape index (κ3) is 3.45. The maximum Gasteiger partial charge on any atom is 0.249 e. The summed E-state index contributed by atoms with van der Waals surface area (Å²) in [6.45, 7) is 2.77. The van der Waals surface area contributed by atoms with Gasteiger partial charge >= 0.3 is 0 Å². The Hall–Kier alpha value is -2.13. The van der Waals surface area contributed by atoms with Gasteiger partial charge in [0.25, 0.3) is 0 Å². The largest absolute Gasteiger partial charge is 0.366 e. The van der Waals surface area contributed by atoms with Gasteiger partial charge in [-0.3, -0.25) is 4.79 Å². The van der Waals surface area contributed by atoms with Crippen molar-refractivity contribution in [2.75, 3.05) is 0 Å². The number of hydrogen-bond acceptors (Lipinski definition) is 2. The molecule has 2 aromatic rings. The maximum atomic E-state index is 11.4. The Balaban J connectivity index is 2.10. The zero-order chi connectivity index (χ0) is 14.4. The van der Waals surface area contributed by atoms with Gasteiger partial charge in [-0.05, 0) is 23.6 Å². The molecule has 1 unspecified atom stereocenters. The minimum absolute atomic E-state index is 0.275. The van der Waals surface area contributed by atoms with Crippen LogP contribution in [-0.4, -0.2) is 5.91 Å². The number of primary amides is 1. The summed E-state index contributed by atoms with van der Waals surface area (Å²) < 4.78 is 0. The minimum Gasteiger partial charge on any atom is -0.366 e. The van der Waals surface area contributed by atoms with Gasteiger partial charge in [0.05, 0.1) is 0 Å². The zero-order valence-corrected chi connectivity index (χ0v) is 11.7. The molecule has 0 fully saturated rings. The smallest absolute Gasteiger partial charge is 0.249 e. The molecule has 1 amide bonds. The van der Waals surface area contributed by atoms with Crippen molar-refractivity contribution in [3.8, 4) is 0 Å². The van der Waals surface area contributed by atoms with Gasteiger partial charge in [-0.1, -0.05) is 55.5 Å². The van der Waals surface area contributed by atoms with Crippen LogP contribution in [0.3, 0.4) is 0 Å². The fraction of sp³-hybridized carbons (Fsp3) is 0.235. The molecular weight excluding hydrogens is 248 g/mol. The van der Waals surface area contributed by atoms with Gasteiger partial charge in [-0.2, -0.15) is 0 Å². The molecule has 0 aliphatic carbocycles. The van der Waals surface area contributed by atoms with Crippen LogP contribution < -0.4 is 11.1 Å². The van der Waals surface area contributed by atoms with Crippen molar-refractivity contribution < 1.29 is 4.79 Å². The third-order valence-electron chi connectivity index (χ3n) is 3.43. The Morgan fingerprint density at radius 1 is 1.10 bits per heavy atom. The summed E-state index contributed by atoms with van der Waals surface area (Å²) in [5.74, 6) is -0.379. The summed E-state index contributed by atoms with van der Waals surface area (Å²) in [4.78, 5) is 11.4. The molecule has 20 heavy (non-hydrogen) atoms. The van der Waals surface area contributed by atoms with E-state index in [2.05, 4.69) is 24.4 Å². The highest BCUT2D eigenvalue weighted by molar-refractivity contribution is 5.94. The first-order chi connectivity index (χ1) is 9.72. The van der Waals surface area contributed by atoms with Crippen LogP contribution in [0.15, 0.2) is 54.6 Å². The van der Waals surface area contributed by atoms with Gasteiger partial charge in [-0.25, -0.2) is 0 Å². The average Bonchev–Trinajstić information content (AvgIpc) is 2.49. The fourth-order valence-electron chi connectivity index (χ4n) is 2.33. The first-order valence-corrected chi connectivity index (χ1v) is 6.88. The average molecular weight is 268 g/mol. The minimum atomic E-state index is -0.379. The van der Waals surface area contributed by atoms with Crippen LogP contribution in [-0.2, 0) is 6.54 Å². The number of nitrogens with one attached hydrogen (secondary N) is 1. The summed E-state index contributed by atoms with van der Waals surface area (Å²) in [5, 5.41) is 3.49. The van der Waals surface area contributed by atoms with E-state index >= 15 is 0 Å². The van der Waals surface area contributed by atoms with Crippen molar-refractivity contribution in [1.82, 2.24) is 5.32 Å². The van der Waals surface area contributed by atoms with Crippen molar-refractivity contribution in [2.24, 2.45) is 5.73 Å². The standard InChI is InChI=1S/C17H20N2O/c1-2-16(13-8-4-3-5-9-13)19-12-14-10-6-7-11-15(14)17(18)20/h3-11,16,19H,2,12H2,1H3,(H2,18,20). The Labute approximate surface area is 119 Å². The first kappa shape index (κ1) is 14.3. The van der Waals surface area contributed by atoms with E-state index in [-0.39, 0.29) is 11.9 Å². The number of hydrogen-bond donors (Lipinski definition) is 2. The third-order valence-corrected chi connectivity index (χ3v) is 3.43. The quantitative estimate of drug-likeness (QED) is 0.846. The topological polar surface area (TPSA) is 55.1 Å². The number of carbonyl (C=O) groups is 1. The molecule has 2 aromatic carbocycles. The van der Waals surface area contributed by atoms with E-state index in [1.807, 2.05) is 36.4 Å². The molecule has 0 saturated heterocycles. The molecule has 3 N–H and O–H groups in total. The van der Waals surface area contributed by atoms with Gasteiger partial charge in [-0.15, -0.1) is 0 Å². The van der Waals surface area contributed by atoms with Gasteiger partial charge in [0.2, 0.25) is 5.91 Å². The predicted molar refractivity (Wildman–Crippen MR) is 81.3 cm³/mol. The van der Waals surface area contributed by atoms with E-state index in [9.17, 15) is 4.79 Å². The van der Waals surface area contributed by atoms with Crippen molar-refractivity contribution >= 4 is 5.91 Å². The lowest BCUT2D eigenvalue weighted by atomic mass is 10.0. The highest BCUT2D eigenvalue weighted by atomic mass is 16.1. The van der Waals surface area contributed by atoms with Crippen LogP contribution in [0.25, 0.3) is 0 Å². The molecule has 0 saturated carbocycles. The van der Waals surface area contributed by atoms with Gasteiger partial charge < -0.3 is 11.1 Å². The fourth-order valence-corrected chi connectivity index (χ4v) is 2.33. The van der Waals surface area contributed by atoms with E-state index in [1.54, 1.807) is 6.07 Å². The SMILES string of the molecule is CCC(NCc1ccccc1C(N)=O)c1ccccc1. The van der Waals surface area contributed by atoms with Crippen molar-refractivity contribution in [1.29, 1.82) is 0 Å². The van der Waals surface area contributed by atoms with E-state index in [1.165, 1.54) is 5.56 Å². The second kappa shape index (κ2) is 6.87. The van der Waals surface area contributed by atoms with E-state index in [0.717, 1.165) is 12.0 Å². The van der Waals surface area contributed by atoms with Crippen LogP contribution in [0.4, 0.5) is 0 Å².